The molecule has 1 aromatic carbocycles. The third kappa shape index (κ3) is 3.11. The number of nitrogens with zero attached hydrogens (tertiary/aromatic N) is 3. The van der Waals surface area contributed by atoms with E-state index in [1.807, 2.05) is 37.5 Å². The van der Waals surface area contributed by atoms with Gasteiger partial charge < -0.3 is 14.0 Å². The summed E-state index contributed by atoms with van der Waals surface area (Å²) in [6.45, 7) is 5.77. The second-order valence-corrected chi connectivity index (χ2v) is 6.52. The van der Waals surface area contributed by atoms with Crippen LogP contribution < -0.4 is 4.74 Å². The topological polar surface area (TPSA) is 78.9 Å². The minimum Gasteiger partial charge on any atom is -0.497 e. The van der Waals surface area contributed by atoms with Crippen molar-refractivity contribution in [2.24, 2.45) is 4.99 Å². The summed E-state index contributed by atoms with van der Waals surface area (Å²) in [5, 5.41) is 4.07. The normalized spacial score (nSPS) is 15.1. The van der Waals surface area contributed by atoms with E-state index in [-0.39, 0.29) is 11.6 Å². The van der Waals surface area contributed by atoms with Crippen molar-refractivity contribution in [1.82, 2.24) is 9.72 Å². The molecular formula is C21H19N3O4. The van der Waals surface area contributed by atoms with E-state index in [9.17, 15) is 4.79 Å². The minimum absolute atomic E-state index is 0.252. The van der Waals surface area contributed by atoms with Gasteiger partial charge in [0.05, 0.1) is 7.11 Å². The smallest absolute Gasteiger partial charge is 0.363 e. The third-order valence-corrected chi connectivity index (χ3v) is 4.56. The number of aryl methyl sites for hydroxylation is 2. The first-order chi connectivity index (χ1) is 13.5. The van der Waals surface area contributed by atoms with E-state index in [1.54, 1.807) is 37.5 Å². The molecule has 0 unspecified atom stereocenters. The summed E-state index contributed by atoms with van der Waals surface area (Å²) < 4.78 is 17.6. The van der Waals surface area contributed by atoms with Gasteiger partial charge >= 0.3 is 5.97 Å². The van der Waals surface area contributed by atoms with E-state index in [0.717, 1.165) is 28.5 Å². The van der Waals surface area contributed by atoms with Crippen LogP contribution in [0.25, 0.3) is 11.9 Å². The molecule has 3 aromatic rings. The van der Waals surface area contributed by atoms with Crippen LogP contribution in [0.15, 0.2) is 51.6 Å². The molecule has 0 aliphatic carbocycles. The van der Waals surface area contributed by atoms with Crippen molar-refractivity contribution in [3.05, 3.63) is 70.4 Å². The number of aromatic nitrogens is 2. The highest BCUT2D eigenvalue weighted by molar-refractivity contribution is 6.12. The van der Waals surface area contributed by atoms with Crippen LogP contribution in [0, 0.1) is 20.8 Å². The maximum absolute atomic E-state index is 12.3. The fraction of sp³-hybridized carbons (Fsp3) is 0.190. The molecule has 142 valence electrons. The van der Waals surface area contributed by atoms with Gasteiger partial charge in [-0.2, -0.15) is 0 Å². The molecule has 7 nitrogen and oxygen atoms in total. The monoisotopic (exact) mass is 377 g/mol. The number of methoxy groups -OCH3 is 1. The highest BCUT2D eigenvalue weighted by Crippen LogP contribution is 2.25. The summed E-state index contributed by atoms with van der Waals surface area (Å²) in [6.07, 6.45) is 1.73. The molecule has 1 aliphatic heterocycles. The lowest BCUT2D eigenvalue weighted by Gasteiger charge is -2.03. The van der Waals surface area contributed by atoms with Crippen LogP contribution in [0.3, 0.4) is 0 Å². The number of rotatable bonds is 4. The SMILES string of the molecule is COc1ccc(C2=N/C(=C\c3cc(C)n(-c4cc(C)on4)c3C)C(=O)O2)cc1. The third-order valence-electron chi connectivity index (χ3n) is 4.56. The Hall–Kier alpha value is -3.61. The first-order valence-corrected chi connectivity index (χ1v) is 8.76. The number of cyclic esters (lactones) is 1. The summed E-state index contributed by atoms with van der Waals surface area (Å²) in [5.41, 5.74) is 3.73. The van der Waals surface area contributed by atoms with Crippen LogP contribution >= 0.6 is 0 Å². The fourth-order valence-electron chi connectivity index (χ4n) is 3.16. The zero-order chi connectivity index (χ0) is 19.8. The Morgan fingerprint density at radius 1 is 1.11 bits per heavy atom. The average molecular weight is 377 g/mol. The van der Waals surface area contributed by atoms with E-state index in [2.05, 4.69) is 10.1 Å². The van der Waals surface area contributed by atoms with Gasteiger partial charge in [0.1, 0.15) is 11.5 Å². The second kappa shape index (κ2) is 6.84. The molecule has 3 heterocycles. The van der Waals surface area contributed by atoms with Crippen molar-refractivity contribution in [1.29, 1.82) is 0 Å². The number of aliphatic imine (C=N–C) groups is 1. The highest BCUT2D eigenvalue weighted by atomic mass is 16.6. The van der Waals surface area contributed by atoms with E-state index >= 15 is 0 Å². The van der Waals surface area contributed by atoms with Gasteiger partial charge in [-0.1, -0.05) is 5.16 Å². The molecule has 0 radical (unpaired) electrons. The Labute approximate surface area is 161 Å². The van der Waals surface area contributed by atoms with Crippen LogP contribution in [0.2, 0.25) is 0 Å². The molecule has 2 aromatic heterocycles. The van der Waals surface area contributed by atoms with E-state index in [0.29, 0.717) is 11.4 Å². The summed E-state index contributed by atoms with van der Waals surface area (Å²) in [5.74, 6) is 1.96. The van der Waals surface area contributed by atoms with Gasteiger partial charge in [-0.3, -0.25) is 4.57 Å². The molecule has 0 bridgehead atoms. The lowest BCUT2D eigenvalue weighted by molar-refractivity contribution is -0.129. The number of esters is 1. The van der Waals surface area contributed by atoms with Gasteiger partial charge in [-0.15, -0.1) is 0 Å². The molecule has 0 fully saturated rings. The number of hydrogen-bond donors (Lipinski definition) is 0. The van der Waals surface area contributed by atoms with Crippen LogP contribution in [0.5, 0.6) is 5.75 Å². The highest BCUT2D eigenvalue weighted by Gasteiger charge is 2.25. The molecule has 7 heteroatoms. The zero-order valence-corrected chi connectivity index (χ0v) is 16.0. The van der Waals surface area contributed by atoms with Crippen molar-refractivity contribution < 1.29 is 18.8 Å². The van der Waals surface area contributed by atoms with Crippen LogP contribution in [-0.2, 0) is 9.53 Å². The average Bonchev–Trinajstić information content (AvgIpc) is 3.34. The van der Waals surface area contributed by atoms with Gasteiger partial charge in [0.25, 0.3) is 0 Å². The van der Waals surface area contributed by atoms with Gasteiger partial charge in [-0.05, 0) is 62.7 Å². The number of hydrogen-bond acceptors (Lipinski definition) is 6. The Morgan fingerprint density at radius 2 is 1.86 bits per heavy atom. The molecular weight excluding hydrogens is 358 g/mol. The fourth-order valence-corrected chi connectivity index (χ4v) is 3.16. The predicted octanol–water partition coefficient (Wildman–Crippen LogP) is 3.74. The van der Waals surface area contributed by atoms with E-state index < -0.39 is 5.97 Å². The first kappa shape index (κ1) is 17.8. The number of benzene rings is 1. The molecule has 0 atom stereocenters. The second-order valence-electron chi connectivity index (χ2n) is 6.52. The largest absolute Gasteiger partial charge is 0.497 e. The summed E-state index contributed by atoms with van der Waals surface area (Å²) >= 11 is 0. The van der Waals surface area contributed by atoms with Crippen molar-refractivity contribution in [2.75, 3.05) is 7.11 Å². The number of carbonyl (C=O) groups is 1. The molecule has 1 aliphatic rings. The zero-order valence-electron chi connectivity index (χ0n) is 16.0. The van der Waals surface area contributed by atoms with E-state index in [1.165, 1.54) is 0 Å². The Kier molecular flexibility index (Phi) is 4.35. The molecule has 4 rings (SSSR count). The lowest BCUT2D eigenvalue weighted by Crippen LogP contribution is -2.05. The molecule has 28 heavy (non-hydrogen) atoms. The number of carbonyl (C=O) groups excluding carboxylic acids is 1. The van der Waals surface area contributed by atoms with Crippen molar-refractivity contribution >= 4 is 17.9 Å². The Morgan fingerprint density at radius 3 is 2.50 bits per heavy atom. The standard InChI is InChI=1S/C21H19N3O4/c1-12-9-16(14(3)24(12)19-10-13(2)28-23-19)11-18-21(25)27-20(22-18)15-5-7-17(26-4)8-6-15/h5-11H,1-4H3/b18-11-. The maximum Gasteiger partial charge on any atom is 0.363 e. The summed E-state index contributed by atoms with van der Waals surface area (Å²) in [7, 11) is 1.60. The van der Waals surface area contributed by atoms with Gasteiger partial charge in [0.15, 0.2) is 11.5 Å². The van der Waals surface area contributed by atoms with Gasteiger partial charge in [0.2, 0.25) is 5.90 Å². The van der Waals surface area contributed by atoms with Crippen molar-refractivity contribution in [3.8, 4) is 11.6 Å². The summed E-state index contributed by atoms with van der Waals surface area (Å²) in [6, 6.07) is 11.0. The Bertz CT molecular complexity index is 1120. The van der Waals surface area contributed by atoms with Crippen LogP contribution in [0.4, 0.5) is 0 Å². The minimum atomic E-state index is -0.479. The maximum atomic E-state index is 12.3. The van der Waals surface area contributed by atoms with Crippen molar-refractivity contribution in [2.45, 2.75) is 20.8 Å². The van der Waals surface area contributed by atoms with Crippen molar-refractivity contribution in [3.63, 3.8) is 0 Å². The Balaban J connectivity index is 1.69. The van der Waals surface area contributed by atoms with Gasteiger partial charge in [-0.25, -0.2) is 9.79 Å². The van der Waals surface area contributed by atoms with Crippen LogP contribution in [0.1, 0.15) is 28.3 Å². The molecule has 0 saturated heterocycles. The molecule has 0 amide bonds. The molecule has 0 N–H and O–H groups in total. The molecule has 0 spiro atoms. The quantitative estimate of drug-likeness (QED) is 0.511. The first-order valence-electron chi connectivity index (χ1n) is 8.76. The lowest BCUT2D eigenvalue weighted by atomic mass is 10.2. The number of ether oxygens (including phenoxy) is 2. The summed E-state index contributed by atoms with van der Waals surface area (Å²) in [4.78, 5) is 16.7. The predicted molar refractivity (Wildman–Crippen MR) is 104 cm³/mol. The van der Waals surface area contributed by atoms with Gasteiger partial charge in [0, 0.05) is 23.0 Å². The van der Waals surface area contributed by atoms with Crippen LogP contribution in [-0.4, -0.2) is 28.7 Å². The van der Waals surface area contributed by atoms with E-state index in [4.69, 9.17) is 14.0 Å². The molecule has 0 saturated carbocycles.